The highest BCUT2D eigenvalue weighted by Gasteiger charge is 2.55. The third-order valence-electron chi connectivity index (χ3n) is 7.98. The lowest BCUT2D eigenvalue weighted by atomic mass is 9.48. The smallest absolute Gasteiger partial charge is 0.293 e. The molecule has 4 fully saturated rings. The number of carbonyl (C=O) groups excluding carboxylic acids is 1. The predicted octanol–water partition coefficient (Wildman–Crippen LogP) is 3.97. The van der Waals surface area contributed by atoms with E-state index < -0.39 is 20.9 Å². The second kappa shape index (κ2) is 8.91. The van der Waals surface area contributed by atoms with Crippen molar-refractivity contribution < 1.29 is 22.9 Å². The number of nitrogens with one attached hydrogen (secondary N) is 2. The first-order valence-electron chi connectivity index (χ1n) is 11.9. The molecule has 9 nitrogen and oxygen atoms in total. The average molecular weight is 500 g/mol. The molecule has 4 unspecified atom stereocenters. The normalized spacial score (nSPS) is 29.1. The zero-order chi connectivity index (χ0) is 24.8. The SMILES string of the molecule is COC1C2CC3C[C@@H]1CC(CNc1ccc(S(=O)(=O)NC(=O)c4ccccc4)cc1[N+](=O)[O-])(C3)C2. The van der Waals surface area contributed by atoms with Crippen molar-refractivity contribution in [2.24, 2.45) is 23.2 Å². The van der Waals surface area contributed by atoms with E-state index in [-0.39, 0.29) is 27.2 Å². The van der Waals surface area contributed by atoms with Crippen LogP contribution in [0.3, 0.4) is 0 Å². The van der Waals surface area contributed by atoms with Crippen molar-refractivity contribution in [3.8, 4) is 0 Å². The zero-order valence-electron chi connectivity index (χ0n) is 19.5. The number of benzene rings is 2. The molecule has 2 aromatic carbocycles. The molecule has 186 valence electrons. The van der Waals surface area contributed by atoms with Crippen LogP contribution in [0.4, 0.5) is 11.4 Å². The standard InChI is InChI=1S/C25H29N3O6S/c1-34-23-18-9-16-10-19(23)14-25(12-16,13-18)15-26-21-8-7-20(11-22(21)28(30)31)35(32,33)27-24(29)17-5-3-2-4-6-17/h2-8,11,16,18-19,23,26H,9-10,12-15H2,1H3,(H,27,29)/t16?,18-,19?,23?,25?/m1/s1. The molecule has 0 aliphatic heterocycles. The van der Waals surface area contributed by atoms with E-state index in [0.29, 0.717) is 30.4 Å². The summed E-state index contributed by atoms with van der Waals surface area (Å²) in [6, 6.07) is 11.6. The van der Waals surface area contributed by atoms with Gasteiger partial charge in [0.1, 0.15) is 5.69 Å². The monoisotopic (exact) mass is 499 g/mol. The van der Waals surface area contributed by atoms with Crippen molar-refractivity contribution in [2.75, 3.05) is 19.0 Å². The summed E-state index contributed by atoms with van der Waals surface area (Å²) in [5.74, 6) is 0.940. The molecule has 0 saturated heterocycles. The van der Waals surface area contributed by atoms with Gasteiger partial charge in [-0.15, -0.1) is 0 Å². The summed E-state index contributed by atoms with van der Waals surface area (Å²) in [6.07, 6.45) is 5.88. The van der Waals surface area contributed by atoms with Crippen LogP contribution in [0.2, 0.25) is 0 Å². The Morgan fingerprint density at radius 2 is 1.80 bits per heavy atom. The summed E-state index contributed by atoms with van der Waals surface area (Å²) in [5, 5.41) is 15.1. The number of nitrogens with zero attached hydrogens (tertiary/aromatic N) is 1. The van der Waals surface area contributed by atoms with Crippen molar-refractivity contribution in [1.29, 1.82) is 0 Å². The molecule has 4 saturated carbocycles. The maximum absolute atomic E-state index is 12.8. The van der Waals surface area contributed by atoms with E-state index in [9.17, 15) is 23.3 Å². The second-order valence-corrected chi connectivity index (χ2v) is 11.9. The Labute approximate surface area is 204 Å². The summed E-state index contributed by atoms with van der Waals surface area (Å²) in [6.45, 7) is 0.602. The molecule has 4 aliphatic carbocycles. The number of nitro groups is 1. The Kier molecular flexibility index (Phi) is 6.04. The van der Waals surface area contributed by atoms with Crippen LogP contribution in [0.1, 0.15) is 42.5 Å². The van der Waals surface area contributed by atoms with E-state index in [1.807, 2.05) is 4.72 Å². The highest BCUT2D eigenvalue weighted by atomic mass is 32.2. The van der Waals surface area contributed by atoms with E-state index in [0.717, 1.165) is 25.3 Å². The van der Waals surface area contributed by atoms with E-state index in [4.69, 9.17) is 4.74 Å². The number of carbonyl (C=O) groups is 1. The number of hydrogen-bond donors (Lipinski definition) is 2. The van der Waals surface area contributed by atoms with Crippen LogP contribution >= 0.6 is 0 Å². The van der Waals surface area contributed by atoms with Gasteiger partial charge in [0.2, 0.25) is 0 Å². The maximum atomic E-state index is 12.8. The average Bonchev–Trinajstić information content (AvgIpc) is 2.82. The Bertz CT molecular complexity index is 1230. The molecule has 0 spiro atoms. The summed E-state index contributed by atoms with van der Waals surface area (Å²) in [4.78, 5) is 23.2. The van der Waals surface area contributed by atoms with Gasteiger partial charge < -0.3 is 10.1 Å². The molecule has 5 atom stereocenters. The number of anilines is 1. The van der Waals surface area contributed by atoms with Gasteiger partial charge in [0.25, 0.3) is 21.6 Å². The van der Waals surface area contributed by atoms with Crippen molar-refractivity contribution >= 4 is 27.3 Å². The molecular formula is C25H29N3O6S. The fourth-order valence-corrected chi connectivity index (χ4v) is 7.83. The molecule has 10 heteroatoms. The molecule has 0 radical (unpaired) electrons. The Balaban J connectivity index is 1.33. The molecule has 6 rings (SSSR count). The topological polar surface area (TPSA) is 128 Å². The minimum atomic E-state index is -4.29. The lowest BCUT2D eigenvalue weighted by Gasteiger charge is -2.59. The van der Waals surface area contributed by atoms with Crippen LogP contribution in [0.15, 0.2) is 53.4 Å². The van der Waals surface area contributed by atoms with Gasteiger partial charge >= 0.3 is 0 Å². The van der Waals surface area contributed by atoms with E-state index >= 15 is 0 Å². The van der Waals surface area contributed by atoms with Gasteiger partial charge in [-0.2, -0.15) is 0 Å². The van der Waals surface area contributed by atoms with Gasteiger partial charge in [0.05, 0.1) is 15.9 Å². The predicted molar refractivity (Wildman–Crippen MR) is 129 cm³/mol. The first-order chi connectivity index (χ1) is 16.7. The number of hydrogen-bond acceptors (Lipinski definition) is 7. The fraction of sp³-hybridized carbons (Fsp3) is 0.480. The Hall–Kier alpha value is -2.98. The highest BCUT2D eigenvalue weighted by molar-refractivity contribution is 7.90. The van der Waals surface area contributed by atoms with Crippen molar-refractivity contribution in [2.45, 2.75) is 43.1 Å². The molecule has 35 heavy (non-hydrogen) atoms. The lowest BCUT2D eigenvalue weighted by Crippen LogP contribution is -2.56. The third kappa shape index (κ3) is 4.52. The number of ether oxygens (including phenoxy) is 1. The van der Waals surface area contributed by atoms with Crippen LogP contribution in [0.5, 0.6) is 0 Å². The second-order valence-electron chi connectivity index (χ2n) is 10.3. The van der Waals surface area contributed by atoms with Crippen LogP contribution in [-0.4, -0.2) is 39.0 Å². The number of sulfonamides is 1. The minimum absolute atomic E-state index is 0.0772. The summed E-state index contributed by atoms with van der Waals surface area (Å²) in [5.41, 5.74) is 0.199. The quantitative estimate of drug-likeness (QED) is 0.415. The van der Waals surface area contributed by atoms with Crippen molar-refractivity contribution in [3.63, 3.8) is 0 Å². The van der Waals surface area contributed by atoms with Gasteiger partial charge in [0.15, 0.2) is 0 Å². The van der Waals surface area contributed by atoms with Crippen LogP contribution in [-0.2, 0) is 14.8 Å². The van der Waals surface area contributed by atoms with Crippen LogP contribution in [0.25, 0.3) is 0 Å². The first-order valence-corrected chi connectivity index (χ1v) is 13.4. The van der Waals surface area contributed by atoms with Crippen molar-refractivity contribution in [3.05, 3.63) is 64.2 Å². The Morgan fingerprint density at radius 3 is 2.43 bits per heavy atom. The van der Waals surface area contributed by atoms with Crippen LogP contribution in [0, 0.1) is 33.3 Å². The number of methoxy groups -OCH3 is 1. The molecule has 1 amide bonds. The van der Waals surface area contributed by atoms with Crippen molar-refractivity contribution in [1.82, 2.24) is 4.72 Å². The molecule has 0 aromatic heterocycles. The zero-order valence-corrected chi connectivity index (χ0v) is 20.3. The molecule has 4 bridgehead atoms. The van der Waals surface area contributed by atoms with Gasteiger partial charge in [-0.05, 0) is 79.5 Å². The summed E-state index contributed by atoms with van der Waals surface area (Å²) >= 11 is 0. The first kappa shape index (κ1) is 23.7. The van der Waals surface area contributed by atoms with Gasteiger partial charge in [-0.1, -0.05) is 18.2 Å². The molecule has 2 N–H and O–H groups in total. The summed E-state index contributed by atoms with van der Waals surface area (Å²) < 4.78 is 33.3. The van der Waals surface area contributed by atoms with Gasteiger partial charge in [0, 0.05) is 25.3 Å². The Morgan fingerprint density at radius 1 is 1.11 bits per heavy atom. The van der Waals surface area contributed by atoms with Gasteiger partial charge in [-0.25, -0.2) is 13.1 Å². The van der Waals surface area contributed by atoms with Crippen LogP contribution < -0.4 is 10.0 Å². The molecule has 0 heterocycles. The summed E-state index contributed by atoms with van der Waals surface area (Å²) in [7, 11) is -2.50. The largest absolute Gasteiger partial charge is 0.381 e. The molecular weight excluding hydrogens is 470 g/mol. The number of nitro benzene ring substituents is 1. The van der Waals surface area contributed by atoms with E-state index in [1.165, 1.54) is 37.1 Å². The van der Waals surface area contributed by atoms with Gasteiger partial charge in [-0.3, -0.25) is 14.9 Å². The number of amides is 1. The molecule has 2 aromatic rings. The lowest BCUT2D eigenvalue weighted by molar-refractivity contribution is -0.384. The number of rotatable bonds is 8. The fourth-order valence-electron chi connectivity index (χ4n) is 6.84. The maximum Gasteiger partial charge on any atom is 0.293 e. The van der Waals surface area contributed by atoms with E-state index in [1.54, 1.807) is 25.3 Å². The van der Waals surface area contributed by atoms with E-state index in [2.05, 4.69) is 5.32 Å². The third-order valence-corrected chi connectivity index (χ3v) is 9.31. The highest BCUT2D eigenvalue weighted by Crippen LogP contribution is 2.60. The minimum Gasteiger partial charge on any atom is -0.381 e. The molecule has 4 aliphatic rings.